The number of nitrogens with zero attached hydrogens (tertiary/aromatic N) is 3. The lowest BCUT2D eigenvalue weighted by Gasteiger charge is -2.25. The number of nitrogens with one attached hydrogen (secondary N) is 1. The summed E-state index contributed by atoms with van der Waals surface area (Å²) in [6.45, 7) is 4.88. The first-order valence-corrected chi connectivity index (χ1v) is 9.37. The number of rotatable bonds is 5. The SMILES string of the molecule is CCN(c1ncnc(Nc2cccc(C)c2)c1N)c1cccc2ccccc12. The van der Waals surface area contributed by atoms with E-state index in [1.807, 2.05) is 24.3 Å². The second kappa shape index (κ2) is 7.56. The lowest BCUT2D eigenvalue weighted by Crippen LogP contribution is -2.20. The molecule has 0 aliphatic carbocycles. The molecule has 0 atom stereocenters. The van der Waals surface area contributed by atoms with Crippen molar-refractivity contribution in [1.29, 1.82) is 0 Å². The molecular formula is C23H23N5. The molecule has 0 saturated carbocycles. The third-order valence-corrected chi connectivity index (χ3v) is 4.77. The van der Waals surface area contributed by atoms with Crippen LogP contribution in [0.2, 0.25) is 0 Å². The van der Waals surface area contributed by atoms with Crippen molar-refractivity contribution in [3.05, 3.63) is 78.6 Å². The number of hydrogen-bond acceptors (Lipinski definition) is 5. The molecule has 0 saturated heterocycles. The van der Waals surface area contributed by atoms with Crippen LogP contribution in [0.4, 0.5) is 28.7 Å². The normalized spacial score (nSPS) is 10.8. The van der Waals surface area contributed by atoms with Gasteiger partial charge in [-0.3, -0.25) is 0 Å². The van der Waals surface area contributed by atoms with E-state index in [1.165, 1.54) is 10.9 Å². The predicted molar refractivity (Wildman–Crippen MR) is 118 cm³/mol. The van der Waals surface area contributed by atoms with Crippen LogP contribution in [0.3, 0.4) is 0 Å². The van der Waals surface area contributed by atoms with Gasteiger partial charge in [-0.05, 0) is 43.0 Å². The Morgan fingerprint density at radius 3 is 2.57 bits per heavy atom. The number of aryl methyl sites for hydroxylation is 1. The van der Waals surface area contributed by atoms with Crippen LogP contribution in [0.5, 0.6) is 0 Å². The molecule has 0 spiro atoms. The Labute approximate surface area is 164 Å². The summed E-state index contributed by atoms with van der Waals surface area (Å²) in [6.07, 6.45) is 1.55. The van der Waals surface area contributed by atoms with Crippen LogP contribution >= 0.6 is 0 Å². The zero-order valence-electron chi connectivity index (χ0n) is 16.1. The molecule has 4 aromatic rings. The van der Waals surface area contributed by atoms with Crippen LogP contribution in [0.15, 0.2) is 73.1 Å². The van der Waals surface area contributed by atoms with E-state index in [0.29, 0.717) is 17.3 Å². The molecule has 0 bridgehead atoms. The minimum Gasteiger partial charge on any atom is -0.393 e. The van der Waals surface area contributed by atoms with Crippen molar-refractivity contribution < 1.29 is 0 Å². The Kier molecular flexibility index (Phi) is 4.81. The van der Waals surface area contributed by atoms with Crippen LogP contribution in [-0.4, -0.2) is 16.5 Å². The number of fused-ring (bicyclic) bond motifs is 1. The minimum atomic E-state index is 0.527. The molecule has 28 heavy (non-hydrogen) atoms. The summed E-state index contributed by atoms with van der Waals surface area (Å²) in [7, 11) is 0. The van der Waals surface area contributed by atoms with Crippen LogP contribution in [0.25, 0.3) is 10.8 Å². The highest BCUT2D eigenvalue weighted by Gasteiger charge is 2.17. The summed E-state index contributed by atoms with van der Waals surface area (Å²) in [4.78, 5) is 11.0. The van der Waals surface area contributed by atoms with E-state index in [0.717, 1.165) is 23.3 Å². The van der Waals surface area contributed by atoms with Crippen LogP contribution in [-0.2, 0) is 0 Å². The number of benzene rings is 3. The van der Waals surface area contributed by atoms with Crippen LogP contribution in [0, 0.1) is 6.92 Å². The predicted octanol–water partition coefficient (Wildman–Crippen LogP) is 5.42. The van der Waals surface area contributed by atoms with Crippen LogP contribution in [0.1, 0.15) is 12.5 Å². The molecule has 0 amide bonds. The highest BCUT2D eigenvalue weighted by molar-refractivity contribution is 5.97. The smallest absolute Gasteiger partial charge is 0.161 e. The lowest BCUT2D eigenvalue weighted by atomic mass is 10.1. The summed E-state index contributed by atoms with van der Waals surface area (Å²) in [5.74, 6) is 1.30. The zero-order chi connectivity index (χ0) is 19.5. The molecule has 3 aromatic carbocycles. The minimum absolute atomic E-state index is 0.527. The Hall–Kier alpha value is -3.60. The van der Waals surface area contributed by atoms with Gasteiger partial charge in [-0.25, -0.2) is 9.97 Å². The van der Waals surface area contributed by atoms with Gasteiger partial charge in [-0.15, -0.1) is 0 Å². The quantitative estimate of drug-likeness (QED) is 0.491. The lowest BCUT2D eigenvalue weighted by molar-refractivity contribution is 0.985. The molecule has 5 heteroatoms. The highest BCUT2D eigenvalue weighted by atomic mass is 15.2. The fourth-order valence-corrected chi connectivity index (χ4v) is 3.44. The van der Waals surface area contributed by atoms with Gasteiger partial charge in [0.2, 0.25) is 0 Å². The largest absolute Gasteiger partial charge is 0.393 e. The van der Waals surface area contributed by atoms with Crippen molar-refractivity contribution in [2.75, 3.05) is 22.5 Å². The second-order valence-corrected chi connectivity index (χ2v) is 6.70. The maximum Gasteiger partial charge on any atom is 0.161 e. The molecule has 0 fully saturated rings. The Morgan fingerprint density at radius 1 is 0.964 bits per heavy atom. The van der Waals surface area contributed by atoms with E-state index in [4.69, 9.17) is 5.73 Å². The molecule has 3 N–H and O–H groups in total. The fraction of sp³-hybridized carbons (Fsp3) is 0.130. The number of nitrogens with two attached hydrogens (primary N) is 1. The van der Waals surface area contributed by atoms with E-state index in [9.17, 15) is 0 Å². The maximum atomic E-state index is 6.50. The zero-order valence-corrected chi connectivity index (χ0v) is 16.1. The van der Waals surface area contributed by atoms with Crippen molar-refractivity contribution in [2.45, 2.75) is 13.8 Å². The molecule has 5 nitrogen and oxygen atoms in total. The first kappa shape index (κ1) is 17.8. The van der Waals surface area contributed by atoms with Gasteiger partial charge >= 0.3 is 0 Å². The number of anilines is 5. The third-order valence-electron chi connectivity index (χ3n) is 4.77. The van der Waals surface area contributed by atoms with Gasteiger partial charge < -0.3 is 16.0 Å². The molecule has 0 unspecified atom stereocenters. The van der Waals surface area contributed by atoms with Crippen LogP contribution < -0.4 is 16.0 Å². The summed E-state index contributed by atoms with van der Waals surface area (Å²) in [5.41, 5.74) is 10.2. The van der Waals surface area contributed by atoms with E-state index in [1.54, 1.807) is 6.33 Å². The van der Waals surface area contributed by atoms with Gasteiger partial charge in [0.25, 0.3) is 0 Å². The molecule has 0 radical (unpaired) electrons. The standard InChI is InChI=1S/C23H23N5/c1-3-28(20-13-7-10-17-9-4-5-12-19(17)20)23-21(24)22(25-15-26-23)27-18-11-6-8-16(2)14-18/h4-15H,3,24H2,1-2H3,(H,25,26,27). The van der Waals surface area contributed by atoms with Crippen molar-refractivity contribution in [3.8, 4) is 0 Å². The van der Waals surface area contributed by atoms with E-state index >= 15 is 0 Å². The van der Waals surface area contributed by atoms with Gasteiger partial charge in [0.1, 0.15) is 12.0 Å². The Bertz CT molecular complexity index is 1120. The summed E-state index contributed by atoms with van der Waals surface area (Å²) < 4.78 is 0. The summed E-state index contributed by atoms with van der Waals surface area (Å²) in [5, 5.41) is 5.67. The molecule has 0 aliphatic heterocycles. The summed E-state index contributed by atoms with van der Waals surface area (Å²) in [6, 6.07) is 22.7. The fourth-order valence-electron chi connectivity index (χ4n) is 3.44. The molecule has 140 valence electrons. The number of hydrogen-bond donors (Lipinski definition) is 2. The maximum absolute atomic E-state index is 6.50. The average Bonchev–Trinajstić information content (AvgIpc) is 2.71. The van der Waals surface area contributed by atoms with Gasteiger partial charge in [0, 0.05) is 17.6 Å². The summed E-state index contributed by atoms with van der Waals surface area (Å²) >= 11 is 0. The molecular weight excluding hydrogens is 346 g/mol. The van der Waals surface area contributed by atoms with Gasteiger partial charge in [0.05, 0.1) is 5.69 Å². The molecule has 0 aliphatic rings. The van der Waals surface area contributed by atoms with Crippen molar-refractivity contribution >= 4 is 39.5 Å². The van der Waals surface area contributed by atoms with E-state index in [-0.39, 0.29) is 0 Å². The first-order chi connectivity index (χ1) is 13.7. The van der Waals surface area contributed by atoms with Gasteiger partial charge in [-0.2, -0.15) is 0 Å². The Balaban J connectivity index is 1.77. The van der Waals surface area contributed by atoms with Gasteiger partial charge in [-0.1, -0.05) is 48.5 Å². The monoisotopic (exact) mass is 369 g/mol. The highest BCUT2D eigenvalue weighted by Crippen LogP contribution is 2.36. The number of aromatic nitrogens is 2. The van der Waals surface area contributed by atoms with Crippen molar-refractivity contribution in [1.82, 2.24) is 9.97 Å². The average molecular weight is 369 g/mol. The molecule has 1 aromatic heterocycles. The third kappa shape index (κ3) is 3.34. The number of nitrogen functional groups attached to an aromatic ring is 1. The topological polar surface area (TPSA) is 67.1 Å². The van der Waals surface area contributed by atoms with Crippen molar-refractivity contribution in [2.24, 2.45) is 0 Å². The van der Waals surface area contributed by atoms with Gasteiger partial charge in [0.15, 0.2) is 11.6 Å². The second-order valence-electron chi connectivity index (χ2n) is 6.70. The molecule has 4 rings (SSSR count). The molecule has 1 heterocycles. The Morgan fingerprint density at radius 2 is 1.75 bits per heavy atom. The first-order valence-electron chi connectivity index (χ1n) is 9.37. The van der Waals surface area contributed by atoms with E-state index in [2.05, 4.69) is 76.5 Å². The van der Waals surface area contributed by atoms with E-state index < -0.39 is 0 Å². The van der Waals surface area contributed by atoms with Crippen molar-refractivity contribution in [3.63, 3.8) is 0 Å².